The van der Waals surface area contributed by atoms with E-state index in [4.69, 9.17) is 7.85 Å². The number of rotatable bonds is 6. The van der Waals surface area contributed by atoms with Crippen molar-refractivity contribution >= 4 is 7.85 Å². The van der Waals surface area contributed by atoms with Gasteiger partial charge in [-0.15, -0.1) is 11.7 Å². The average molecular weight is 189 g/mol. The van der Waals surface area contributed by atoms with Crippen LogP contribution in [0.1, 0.15) is 25.5 Å². The van der Waals surface area contributed by atoms with Crippen LogP contribution in [0.5, 0.6) is 0 Å². The third-order valence-corrected chi connectivity index (χ3v) is 1.98. The van der Waals surface area contributed by atoms with E-state index < -0.39 is 0 Å². The molecule has 0 atom stereocenters. The summed E-state index contributed by atoms with van der Waals surface area (Å²) in [6.07, 6.45) is 5.69. The summed E-state index contributed by atoms with van der Waals surface area (Å²) in [6, 6.07) is 0. The molecule has 14 heavy (non-hydrogen) atoms. The van der Waals surface area contributed by atoms with Gasteiger partial charge in [-0.25, -0.2) is 0 Å². The molecule has 4 heteroatoms. The summed E-state index contributed by atoms with van der Waals surface area (Å²) in [5.41, 5.74) is 2.26. The lowest BCUT2D eigenvalue weighted by molar-refractivity contribution is 0.626. The van der Waals surface area contributed by atoms with E-state index in [1.54, 1.807) is 4.68 Å². The zero-order valence-electron chi connectivity index (χ0n) is 8.74. The summed E-state index contributed by atoms with van der Waals surface area (Å²) in [5.74, 6) is 0. The van der Waals surface area contributed by atoms with Gasteiger partial charge < -0.3 is 0 Å². The van der Waals surface area contributed by atoms with Crippen molar-refractivity contribution in [2.45, 2.75) is 39.1 Å². The van der Waals surface area contributed by atoms with Gasteiger partial charge in [0.25, 0.3) is 0 Å². The number of aryl methyl sites for hydroxylation is 2. The maximum absolute atomic E-state index is 5.41. The van der Waals surface area contributed by atoms with Crippen molar-refractivity contribution in [3.63, 3.8) is 0 Å². The normalized spacial score (nSPS) is 10.4. The molecule has 74 valence electrons. The van der Waals surface area contributed by atoms with Crippen LogP contribution < -0.4 is 0 Å². The molecule has 1 aromatic rings. The smallest absolute Gasteiger partial charge is 0.0827 e. The second kappa shape index (κ2) is 5.63. The van der Waals surface area contributed by atoms with E-state index >= 15 is 0 Å². The highest BCUT2D eigenvalue weighted by atomic mass is 15.4. The van der Waals surface area contributed by atoms with Gasteiger partial charge in [0.15, 0.2) is 0 Å². The minimum atomic E-state index is 0.606. The van der Waals surface area contributed by atoms with Gasteiger partial charge in [-0.05, 0) is 26.2 Å². The van der Waals surface area contributed by atoms with E-state index in [9.17, 15) is 0 Å². The van der Waals surface area contributed by atoms with Gasteiger partial charge in [0.1, 0.15) is 0 Å². The summed E-state index contributed by atoms with van der Waals surface area (Å²) < 4.78 is 1.79. The highest BCUT2D eigenvalue weighted by Gasteiger charge is 1.99. The highest BCUT2D eigenvalue weighted by Crippen LogP contribution is 2.05. The van der Waals surface area contributed by atoms with Crippen molar-refractivity contribution in [3.05, 3.63) is 24.0 Å². The first-order valence-corrected chi connectivity index (χ1v) is 4.96. The van der Waals surface area contributed by atoms with Crippen molar-refractivity contribution in [1.82, 2.24) is 15.0 Å². The van der Waals surface area contributed by atoms with Crippen LogP contribution in [0.2, 0.25) is 6.32 Å². The van der Waals surface area contributed by atoms with Gasteiger partial charge in [0.05, 0.1) is 13.5 Å². The minimum Gasteiger partial charge on any atom is -0.253 e. The van der Waals surface area contributed by atoms with Crippen molar-refractivity contribution in [2.75, 3.05) is 0 Å². The predicted octanol–water partition coefficient (Wildman–Crippen LogP) is 1.76. The Balaban J connectivity index is 2.32. The number of hydrogen-bond donors (Lipinski definition) is 0. The van der Waals surface area contributed by atoms with E-state index in [0.717, 1.165) is 31.5 Å². The van der Waals surface area contributed by atoms with Crippen LogP contribution in [0.25, 0.3) is 0 Å². The SMILES string of the molecule is [B]CCn1cc(CCCC(=C)C)nn1. The Labute approximate surface area is 86.6 Å². The van der Waals surface area contributed by atoms with Crippen molar-refractivity contribution in [2.24, 2.45) is 0 Å². The number of aromatic nitrogens is 3. The van der Waals surface area contributed by atoms with Crippen LogP contribution in [0.15, 0.2) is 18.3 Å². The Morgan fingerprint density at radius 2 is 2.43 bits per heavy atom. The Morgan fingerprint density at radius 3 is 3.07 bits per heavy atom. The molecule has 2 radical (unpaired) electrons. The minimum absolute atomic E-state index is 0.606. The Kier molecular flexibility index (Phi) is 4.43. The topological polar surface area (TPSA) is 30.7 Å². The molecular formula is C10H16BN3. The van der Waals surface area contributed by atoms with Crippen LogP contribution in [-0.2, 0) is 13.0 Å². The standard InChI is InChI=1S/C10H16BN3/c1-9(2)4-3-5-10-8-14(7-6-11)13-12-10/h8H,1,3-7H2,2H3. The fourth-order valence-corrected chi connectivity index (χ4v) is 1.27. The van der Waals surface area contributed by atoms with E-state index in [0.29, 0.717) is 6.32 Å². The fraction of sp³-hybridized carbons (Fsp3) is 0.600. The lowest BCUT2D eigenvalue weighted by Crippen LogP contribution is -1.97. The molecule has 3 nitrogen and oxygen atoms in total. The highest BCUT2D eigenvalue weighted by molar-refractivity contribution is 6.08. The molecule has 1 aromatic heterocycles. The second-order valence-electron chi connectivity index (χ2n) is 3.57. The van der Waals surface area contributed by atoms with Gasteiger partial charge >= 0.3 is 0 Å². The van der Waals surface area contributed by atoms with Crippen LogP contribution >= 0.6 is 0 Å². The molecule has 0 aliphatic rings. The van der Waals surface area contributed by atoms with Crippen LogP contribution in [-0.4, -0.2) is 22.8 Å². The molecule has 0 saturated heterocycles. The molecule has 0 unspecified atom stereocenters. The summed E-state index contributed by atoms with van der Waals surface area (Å²) in [7, 11) is 5.41. The molecule has 0 aliphatic carbocycles. The van der Waals surface area contributed by atoms with Gasteiger partial charge in [0, 0.05) is 12.7 Å². The quantitative estimate of drug-likeness (QED) is 0.504. The molecule has 0 fully saturated rings. The zero-order chi connectivity index (χ0) is 10.4. The number of nitrogens with zero attached hydrogens (tertiary/aromatic N) is 3. The molecule has 0 saturated carbocycles. The summed E-state index contributed by atoms with van der Waals surface area (Å²) in [4.78, 5) is 0. The molecule has 0 bridgehead atoms. The zero-order valence-corrected chi connectivity index (χ0v) is 8.74. The van der Waals surface area contributed by atoms with Crippen LogP contribution in [0, 0.1) is 0 Å². The maximum Gasteiger partial charge on any atom is 0.0827 e. The van der Waals surface area contributed by atoms with Crippen molar-refractivity contribution in [1.29, 1.82) is 0 Å². The lowest BCUT2D eigenvalue weighted by Gasteiger charge is -1.96. The monoisotopic (exact) mass is 189 g/mol. The fourth-order valence-electron chi connectivity index (χ4n) is 1.27. The third kappa shape index (κ3) is 3.77. The van der Waals surface area contributed by atoms with Crippen LogP contribution in [0.3, 0.4) is 0 Å². The number of allylic oxidation sites excluding steroid dienone is 1. The molecule has 1 heterocycles. The Hall–Kier alpha value is -1.06. The van der Waals surface area contributed by atoms with E-state index in [2.05, 4.69) is 16.9 Å². The molecule has 0 aliphatic heterocycles. The van der Waals surface area contributed by atoms with Gasteiger partial charge in [0.2, 0.25) is 0 Å². The van der Waals surface area contributed by atoms with Crippen LogP contribution in [0.4, 0.5) is 0 Å². The molecular weight excluding hydrogens is 173 g/mol. The Morgan fingerprint density at radius 1 is 1.64 bits per heavy atom. The molecule has 0 N–H and O–H groups in total. The first-order chi connectivity index (χ1) is 6.72. The Bertz CT molecular complexity index is 293. The van der Waals surface area contributed by atoms with Gasteiger partial charge in [-0.1, -0.05) is 17.1 Å². The van der Waals surface area contributed by atoms with E-state index in [-0.39, 0.29) is 0 Å². The lowest BCUT2D eigenvalue weighted by atomic mass is 10.1. The molecule has 0 spiro atoms. The summed E-state index contributed by atoms with van der Waals surface area (Å²) in [5, 5.41) is 8.03. The largest absolute Gasteiger partial charge is 0.253 e. The molecule has 1 rings (SSSR count). The predicted molar refractivity (Wildman–Crippen MR) is 58.3 cm³/mol. The van der Waals surface area contributed by atoms with E-state index in [1.165, 1.54) is 5.57 Å². The first-order valence-electron chi connectivity index (χ1n) is 4.96. The first kappa shape index (κ1) is 11.0. The number of hydrogen-bond acceptors (Lipinski definition) is 2. The van der Waals surface area contributed by atoms with Gasteiger partial charge in [-0.2, -0.15) is 0 Å². The molecule has 0 aromatic carbocycles. The van der Waals surface area contributed by atoms with Crippen molar-refractivity contribution in [3.8, 4) is 0 Å². The van der Waals surface area contributed by atoms with E-state index in [1.807, 2.05) is 13.1 Å². The van der Waals surface area contributed by atoms with Crippen molar-refractivity contribution < 1.29 is 0 Å². The maximum atomic E-state index is 5.41. The summed E-state index contributed by atoms with van der Waals surface area (Å²) >= 11 is 0. The molecule has 0 amide bonds. The van der Waals surface area contributed by atoms with Gasteiger partial charge in [-0.3, -0.25) is 4.68 Å². The average Bonchev–Trinajstić information content (AvgIpc) is 2.53. The summed E-state index contributed by atoms with van der Waals surface area (Å²) in [6.45, 7) is 6.65. The third-order valence-electron chi connectivity index (χ3n) is 1.98. The second-order valence-corrected chi connectivity index (χ2v) is 3.57.